The molecule has 46 heavy (non-hydrogen) atoms. The molecule has 1 aromatic carbocycles. The van der Waals surface area contributed by atoms with Gasteiger partial charge in [-0.25, -0.2) is 9.59 Å². The van der Waals surface area contributed by atoms with Crippen LogP contribution in [0.25, 0.3) is 0 Å². The van der Waals surface area contributed by atoms with Crippen LogP contribution in [-0.2, 0) is 18.9 Å². The van der Waals surface area contributed by atoms with Gasteiger partial charge in [0.25, 0.3) is 0 Å². The van der Waals surface area contributed by atoms with Crippen LogP contribution in [0.1, 0.15) is 73.1 Å². The van der Waals surface area contributed by atoms with E-state index in [9.17, 15) is 9.59 Å². The Hall–Kier alpha value is -2.92. The molecule has 1 aromatic rings. The average Bonchev–Trinajstić information content (AvgIpc) is 3.77. The molecule has 3 fully saturated rings. The number of amides is 2. The SMILES string of the molecule is COCCCOc1cc(OC(C[C@H]2CN(C(=O)OC(C)(C)C)C[C@H]2CN(C(=O)OC2CCOCC2)C2CC2)C(C)C)ccc1OC. The topological polar surface area (TPSA) is 105 Å². The van der Waals surface area contributed by atoms with E-state index in [1.807, 2.05) is 43.9 Å². The van der Waals surface area contributed by atoms with Gasteiger partial charge in [-0.3, -0.25) is 0 Å². The Morgan fingerprint density at radius 2 is 1.72 bits per heavy atom. The van der Waals surface area contributed by atoms with Crippen molar-refractivity contribution in [3.8, 4) is 17.2 Å². The van der Waals surface area contributed by atoms with E-state index >= 15 is 0 Å². The summed E-state index contributed by atoms with van der Waals surface area (Å²) in [5, 5.41) is 0. The van der Waals surface area contributed by atoms with E-state index in [0.29, 0.717) is 69.7 Å². The van der Waals surface area contributed by atoms with E-state index < -0.39 is 5.60 Å². The van der Waals surface area contributed by atoms with E-state index in [4.69, 9.17) is 33.2 Å². The summed E-state index contributed by atoms with van der Waals surface area (Å²) in [5.41, 5.74) is -0.598. The van der Waals surface area contributed by atoms with Crippen LogP contribution in [-0.4, -0.2) is 106 Å². The minimum Gasteiger partial charge on any atom is -0.493 e. The van der Waals surface area contributed by atoms with Crippen molar-refractivity contribution in [2.24, 2.45) is 17.8 Å². The van der Waals surface area contributed by atoms with Crippen LogP contribution < -0.4 is 14.2 Å². The van der Waals surface area contributed by atoms with Gasteiger partial charge in [0.15, 0.2) is 11.5 Å². The van der Waals surface area contributed by atoms with Gasteiger partial charge in [0.1, 0.15) is 23.6 Å². The fourth-order valence-corrected chi connectivity index (χ4v) is 6.06. The third kappa shape index (κ3) is 10.8. The molecule has 2 amide bonds. The molecule has 2 saturated heterocycles. The third-order valence-corrected chi connectivity index (χ3v) is 8.77. The lowest BCUT2D eigenvalue weighted by Crippen LogP contribution is -2.42. The second-order valence-electron chi connectivity index (χ2n) is 14.1. The van der Waals surface area contributed by atoms with Gasteiger partial charge in [0.2, 0.25) is 0 Å². The highest BCUT2D eigenvalue weighted by atomic mass is 16.6. The van der Waals surface area contributed by atoms with Crippen LogP contribution in [0.5, 0.6) is 17.2 Å². The van der Waals surface area contributed by atoms with E-state index in [1.54, 1.807) is 19.1 Å². The summed E-state index contributed by atoms with van der Waals surface area (Å²) in [6.07, 6.45) is 4.04. The lowest BCUT2D eigenvalue weighted by molar-refractivity contribution is -0.0129. The van der Waals surface area contributed by atoms with E-state index in [1.165, 1.54) is 0 Å². The van der Waals surface area contributed by atoms with Crippen molar-refractivity contribution in [2.75, 3.05) is 60.3 Å². The van der Waals surface area contributed by atoms with Crippen LogP contribution in [0.15, 0.2) is 18.2 Å². The predicted octanol–water partition coefficient (Wildman–Crippen LogP) is 6.17. The number of ether oxygens (including phenoxy) is 7. The molecule has 0 radical (unpaired) electrons. The van der Waals surface area contributed by atoms with Crippen molar-refractivity contribution in [2.45, 2.75) is 97.0 Å². The highest BCUT2D eigenvalue weighted by molar-refractivity contribution is 5.69. The predicted molar refractivity (Wildman–Crippen MR) is 174 cm³/mol. The number of nitrogens with zero attached hydrogens (tertiary/aromatic N) is 2. The molecule has 2 aliphatic heterocycles. The van der Waals surface area contributed by atoms with Gasteiger partial charge in [-0.2, -0.15) is 0 Å². The summed E-state index contributed by atoms with van der Waals surface area (Å²) in [6, 6.07) is 5.82. The van der Waals surface area contributed by atoms with Crippen molar-refractivity contribution in [3.05, 3.63) is 18.2 Å². The van der Waals surface area contributed by atoms with Crippen LogP contribution in [0, 0.1) is 17.8 Å². The molecule has 3 atom stereocenters. The van der Waals surface area contributed by atoms with Gasteiger partial charge in [-0.15, -0.1) is 0 Å². The van der Waals surface area contributed by atoms with Crippen molar-refractivity contribution < 1.29 is 42.7 Å². The molecule has 1 saturated carbocycles. The Kier molecular flexibility index (Phi) is 13.1. The zero-order chi connectivity index (χ0) is 33.3. The van der Waals surface area contributed by atoms with Gasteiger partial charge in [0, 0.05) is 64.7 Å². The number of rotatable bonds is 15. The molecular weight excluding hydrogens is 592 g/mol. The zero-order valence-corrected chi connectivity index (χ0v) is 29.0. The molecule has 0 N–H and O–H groups in total. The molecular formula is C35H56N2O9. The first kappa shape index (κ1) is 35.9. The van der Waals surface area contributed by atoms with Crippen LogP contribution >= 0.6 is 0 Å². The molecule has 0 spiro atoms. The lowest BCUT2D eigenvalue weighted by atomic mass is 9.87. The molecule has 1 unspecified atom stereocenters. The summed E-state index contributed by atoms with van der Waals surface area (Å²) < 4.78 is 40.5. The Bertz CT molecular complexity index is 1110. The number of carbonyl (C=O) groups excluding carboxylic acids is 2. The normalized spacial score (nSPS) is 21.2. The lowest BCUT2D eigenvalue weighted by Gasteiger charge is -2.32. The number of likely N-dealkylation sites (tertiary alicyclic amines) is 1. The maximum atomic E-state index is 13.5. The number of benzene rings is 1. The fourth-order valence-electron chi connectivity index (χ4n) is 6.06. The molecule has 1 aliphatic carbocycles. The molecule has 11 nitrogen and oxygen atoms in total. The van der Waals surface area contributed by atoms with Gasteiger partial charge in [-0.1, -0.05) is 13.8 Å². The highest BCUT2D eigenvalue weighted by Crippen LogP contribution is 2.37. The van der Waals surface area contributed by atoms with Crippen molar-refractivity contribution in [1.82, 2.24) is 9.80 Å². The maximum Gasteiger partial charge on any atom is 0.410 e. The van der Waals surface area contributed by atoms with Crippen molar-refractivity contribution >= 4 is 12.2 Å². The number of methoxy groups -OCH3 is 2. The minimum absolute atomic E-state index is 0.0516. The van der Waals surface area contributed by atoms with Gasteiger partial charge in [0.05, 0.1) is 26.9 Å². The number of hydrogen-bond donors (Lipinski definition) is 0. The average molecular weight is 649 g/mol. The Morgan fingerprint density at radius 1 is 1.00 bits per heavy atom. The largest absolute Gasteiger partial charge is 0.493 e. The van der Waals surface area contributed by atoms with Gasteiger partial charge < -0.3 is 43.0 Å². The first-order valence-electron chi connectivity index (χ1n) is 17.0. The highest BCUT2D eigenvalue weighted by Gasteiger charge is 2.43. The molecule has 11 heteroatoms. The Morgan fingerprint density at radius 3 is 2.35 bits per heavy atom. The first-order chi connectivity index (χ1) is 22.0. The monoisotopic (exact) mass is 648 g/mol. The second kappa shape index (κ2) is 16.8. The summed E-state index contributed by atoms with van der Waals surface area (Å²) in [7, 11) is 3.29. The Balaban J connectivity index is 1.49. The van der Waals surface area contributed by atoms with E-state index in [0.717, 1.165) is 32.1 Å². The van der Waals surface area contributed by atoms with Crippen LogP contribution in [0.3, 0.4) is 0 Å². The molecule has 4 rings (SSSR count). The van der Waals surface area contributed by atoms with Crippen LogP contribution in [0.4, 0.5) is 9.59 Å². The quantitative estimate of drug-likeness (QED) is 0.207. The molecule has 3 aliphatic rings. The summed E-state index contributed by atoms with van der Waals surface area (Å²) in [5.74, 6) is 2.30. The van der Waals surface area contributed by atoms with Gasteiger partial charge >= 0.3 is 12.2 Å². The van der Waals surface area contributed by atoms with Crippen LogP contribution in [0.2, 0.25) is 0 Å². The molecule has 2 heterocycles. The zero-order valence-electron chi connectivity index (χ0n) is 29.0. The van der Waals surface area contributed by atoms with E-state index in [-0.39, 0.29) is 48.2 Å². The molecule has 0 aromatic heterocycles. The standard InChI is InChI=1S/C35H56N2O9/c1-24(2)31(44-29-11-12-30(41-7)32(20-29)43-16-8-15-40-6)19-25-21-36(33(38)46-35(3,4)5)22-26(25)23-37(27-9-10-27)34(39)45-28-13-17-42-18-14-28/h11-12,20,24-28,31H,8-10,13-19,21-23H2,1-7H3/t25-,26-,31?/m0/s1. The number of hydrogen-bond acceptors (Lipinski definition) is 9. The first-order valence-corrected chi connectivity index (χ1v) is 17.0. The molecule has 260 valence electrons. The second-order valence-corrected chi connectivity index (χ2v) is 14.1. The smallest absolute Gasteiger partial charge is 0.410 e. The third-order valence-electron chi connectivity index (χ3n) is 8.77. The summed E-state index contributed by atoms with van der Waals surface area (Å²) in [6.45, 7) is 13.9. The summed E-state index contributed by atoms with van der Waals surface area (Å²) in [4.78, 5) is 30.4. The Labute approximate surface area is 275 Å². The van der Waals surface area contributed by atoms with Crippen molar-refractivity contribution in [1.29, 1.82) is 0 Å². The maximum absolute atomic E-state index is 13.5. The number of carbonyl (C=O) groups is 2. The van der Waals surface area contributed by atoms with Crippen molar-refractivity contribution in [3.63, 3.8) is 0 Å². The van der Waals surface area contributed by atoms with E-state index in [2.05, 4.69) is 13.8 Å². The van der Waals surface area contributed by atoms with Gasteiger partial charge in [-0.05, 0) is 69.9 Å². The molecule has 0 bridgehead atoms. The fraction of sp³-hybridized carbons (Fsp3) is 0.771. The summed E-state index contributed by atoms with van der Waals surface area (Å²) >= 11 is 0. The minimum atomic E-state index is -0.598.